The number of hydrogen-bond donors (Lipinski definition) is 1. The van der Waals surface area contributed by atoms with Crippen LogP contribution < -0.4 is 15.2 Å². The van der Waals surface area contributed by atoms with Gasteiger partial charge in [-0.05, 0) is 53.1 Å². The zero-order valence-electron chi connectivity index (χ0n) is 14.9. The van der Waals surface area contributed by atoms with E-state index in [2.05, 4.69) is 88.2 Å². The summed E-state index contributed by atoms with van der Waals surface area (Å²) in [5, 5.41) is 5.04. The first kappa shape index (κ1) is 17.4. The van der Waals surface area contributed by atoms with E-state index in [1.807, 2.05) is 0 Å². The SMILES string of the molecule is CC(C)(C)NCC[n+]1[c-]n(C(C)(C)C)cc1[Si](C)(C)C. The highest BCUT2D eigenvalue weighted by atomic mass is 28.3. The van der Waals surface area contributed by atoms with Crippen LogP contribution in [0.25, 0.3) is 0 Å². The average Bonchev–Trinajstić information content (AvgIpc) is 2.58. The molecule has 1 aromatic rings. The van der Waals surface area contributed by atoms with Gasteiger partial charge in [-0.3, -0.25) is 0 Å². The molecule has 0 aliphatic rings. The summed E-state index contributed by atoms with van der Waals surface area (Å²) in [6, 6.07) is 0. The Morgan fingerprint density at radius 2 is 1.70 bits per heavy atom. The van der Waals surface area contributed by atoms with Crippen LogP contribution in [-0.4, -0.2) is 24.7 Å². The Morgan fingerprint density at radius 3 is 2.10 bits per heavy atom. The van der Waals surface area contributed by atoms with Crippen molar-refractivity contribution in [2.24, 2.45) is 0 Å². The van der Waals surface area contributed by atoms with E-state index in [0.717, 1.165) is 13.1 Å². The van der Waals surface area contributed by atoms with Crippen LogP contribution in [0.1, 0.15) is 41.5 Å². The number of nitrogens with one attached hydrogen (secondary N) is 1. The number of hydrogen-bond acceptors (Lipinski definition) is 1. The van der Waals surface area contributed by atoms with E-state index in [9.17, 15) is 0 Å². The summed E-state index contributed by atoms with van der Waals surface area (Å²) in [6.45, 7) is 22.5. The van der Waals surface area contributed by atoms with Crippen LogP contribution in [0.2, 0.25) is 19.6 Å². The number of rotatable bonds is 4. The second kappa shape index (κ2) is 5.64. The van der Waals surface area contributed by atoms with Gasteiger partial charge in [0.05, 0.1) is 20.2 Å². The Balaban J connectivity index is 2.96. The van der Waals surface area contributed by atoms with Crippen LogP contribution in [0.15, 0.2) is 6.20 Å². The summed E-state index contributed by atoms with van der Waals surface area (Å²) in [5.74, 6) is 0. The van der Waals surface area contributed by atoms with Crippen molar-refractivity contribution in [1.29, 1.82) is 0 Å². The third-order valence-corrected chi connectivity index (χ3v) is 5.19. The van der Waals surface area contributed by atoms with Gasteiger partial charge < -0.3 is 14.5 Å². The lowest BCUT2D eigenvalue weighted by molar-refractivity contribution is -0.683. The molecule has 0 atom stereocenters. The predicted octanol–water partition coefficient (Wildman–Crippen LogP) is 2.26. The van der Waals surface area contributed by atoms with Gasteiger partial charge in [0.15, 0.2) is 0 Å². The van der Waals surface area contributed by atoms with Crippen molar-refractivity contribution in [2.75, 3.05) is 6.54 Å². The molecule has 1 aromatic heterocycles. The fraction of sp³-hybridized carbons (Fsp3) is 0.812. The minimum Gasteiger partial charge on any atom is -0.350 e. The lowest BCUT2D eigenvalue weighted by Crippen LogP contribution is -2.60. The number of aromatic nitrogens is 2. The molecule has 0 fully saturated rings. The number of nitrogens with zero attached hydrogens (tertiary/aromatic N) is 2. The van der Waals surface area contributed by atoms with Crippen molar-refractivity contribution in [3.8, 4) is 0 Å². The molecule has 4 heteroatoms. The topological polar surface area (TPSA) is 20.8 Å². The minimum absolute atomic E-state index is 0.0944. The maximum Gasteiger partial charge on any atom is 0.204 e. The van der Waals surface area contributed by atoms with Gasteiger partial charge in [-0.15, -0.1) is 0 Å². The van der Waals surface area contributed by atoms with Gasteiger partial charge >= 0.3 is 0 Å². The van der Waals surface area contributed by atoms with Crippen molar-refractivity contribution in [3.05, 3.63) is 12.5 Å². The first-order chi connectivity index (χ1) is 8.81. The summed E-state index contributed by atoms with van der Waals surface area (Å²) >= 11 is 0. The summed E-state index contributed by atoms with van der Waals surface area (Å²) in [7, 11) is -1.35. The van der Waals surface area contributed by atoms with Crippen molar-refractivity contribution < 1.29 is 4.57 Å². The van der Waals surface area contributed by atoms with E-state index in [1.165, 1.54) is 5.32 Å². The molecule has 0 aromatic carbocycles. The average molecular weight is 296 g/mol. The molecule has 0 amide bonds. The van der Waals surface area contributed by atoms with Gasteiger partial charge in [0.2, 0.25) is 6.33 Å². The van der Waals surface area contributed by atoms with Gasteiger partial charge in [0, 0.05) is 12.1 Å². The molecule has 0 saturated heterocycles. The number of imidazole rings is 1. The zero-order valence-corrected chi connectivity index (χ0v) is 15.9. The highest BCUT2D eigenvalue weighted by Gasteiger charge is 2.23. The smallest absolute Gasteiger partial charge is 0.204 e. The molecule has 1 N–H and O–H groups in total. The third kappa shape index (κ3) is 5.06. The largest absolute Gasteiger partial charge is 0.350 e. The first-order valence-electron chi connectivity index (χ1n) is 7.61. The molecule has 0 radical (unpaired) electrons. The third-order valence-electron chi connectivity index (χ3n) is 3.25. The molecule has 116 valence electrons. The molecule has 0 saturated carbocycles. The summed E-state index contributed by atoms with van der Waals surface area (Å²) < 4.78 is 4.56. The van der Waals surface area contributed by atoms with Crippen LogP contribution in [0.3, 0.4) is 0 Å². The summed E-state index contributed by atoms with van der Waals surface area (Å²) in [5.41, 5.74) is 0.267. The molecule has 1 rings (SSSR count). The van der Waals surface area contributed by atoms with Crippen LogP contribution >= 0.6 is 0 Å². The highest BCUT2D eigenvalue weighted by Crippen LogP contribution is 2.12. The van der Waals surface area contributed by atoms with E-state index >= 15 is 0 Å². The van der Waals surface area contributed by atoms with Crippen molar-refractivity contribution in [2.45, 2.75) is 78.8 Å². The normalized spacial score (nSPS) is 13.8. The van der Waals surface area contributed by atoms with Crippen molar-refractivity contribution >= 4 is 13.4 Å². The van der Waals surface area contributed by atoms with Crippen LogP contribution in [0, 0.1) is 6.33 Å². The molecule has 1 heterocycles. The Hall–Kier alpha value is -0.613. The van der Waals surface area contributed by atoms with Gasteiger partial charge in [-0.2, -0.15) is 0 Å². The maximum absolute atomic E-state index is 3.56. The summed E-state index contributed by atoms with van der Waals surface area (Å²) in [4.78, 5) is 0. The van der Waals surface area contributed by atoms with Gasteiger partial charge in [-0.1, -0.05) is 19.6 Å². The van der Waals surface area contributed by atoms with E-state index in [0.29, 0.717) is 0 Å². The predicted molar refractivity (Wildman–Crippen MR) is 89.2 cm³/mol. The molecule has 20 heavy (non-hydrogen) atoms. The zero-order chi connectivity index (χ0) is 15.8. The fourth-order valence-corrected chi connectivity index (χ4v) is 3.55. The lowest BCUT2D eigenvalue weighted by Gasteiger charge is -2.23. The quantitative estimate of drug-likeness (QED) is 0.513. The molecule has 0 aliphatic heterocycles. The summed E-state index contributed by atoms with van der Waals surface area (Å²) in [6.07, 6.45) is 5.85. The molecular weight excluding hydrogens is 262 g/mol. The molecule has 0 bridgehead atoms. The fourth-order valence-electron chi connectivity index (χ4n) is 2.06. The highest BCUT2D eigenvalue weighted by molar-refractivity contribution is 6.87. The Morgan fingerprint density at radius 1 is 1.15 bits per heavy atom. The van der Waals surface area contributed by atoms with E-state index < -0.39 is 8.07 Å². The van der Waals surface area contributed by atoms with Gasteiger partial charge in [0.1, 0.15) is 0 Å². The maximum atomic E-state index is 3.56. The van der Waals surface area contributed by atoms with E-state index in [1.54, 1.807) is 0 Å². The monoisotopic (exact) mass is 295 g/mol. The Bertz CT molecular complexity index is 442. The van der Waals surface area contributed by atoms with Crippen LogP contribution in [0.5, 0.6) is 0 Å². The molecule has 0 unspecified atom stereocenters. The standard InChI is InChI=1S/C16H33N3Si/c1-15(2,3)17-10-11-18-13-19(16(4,5)6)12-14(18)20(7,8)9/h12,17H,10-11H2,1-9H3. The van der Waals surface area contributed by atoms with E-state index in [4.69, 9.17) is 0 Å². The van der Waals surface area contributed by atoms with E-state index in [-0.39, 0.29) is 11.1 Å². The molecular formula is C16H33N3Si. The van der Waals surface area contributed by atoms with Crippen molar-refractivity contribution in [3.63, 3.8) is 0 Å². The van der Waals surface area contributed by atoms with Gasteiger partial charge in [0.25, 0.3) is 0 Å². The lowest BCUT2D eigenvalue weighted by atomic mass is 10.1. The van der Waals surface area contributed by atoms with Crippen LogP contribution in [-0.2, 0) is 12.1 Å². The second-order valence-corrected chi connectivity index (χ2v) is 13.7. The molecule has 3 nitrogen and oxygen atoms in total. The van der Waals surface area contributed by atoms with Crippen molar-refractivity contribution in [1.82, 2.24) is 9.88 Å². The Labute approximate surface area is 126 Å². The van der Waals surface area contributed by atoms with Gasteiger partial charge in [-0.25, -0.2) is 0 Å². The minimum atomic E-state index is -1.35. The molecule has 0 aliphatic carbocycles. The second-order valence-electron chi connectivity index (χ2n) is 8.73. The molecule has 0 spiro atoms. The van der Waals surface area contributed by atoms with Crippen LogP contribution in [0.4, 0.5) is 0 Å². The Kier molecular flexibility index (Phi) is 4.92. The first-order valence-corrected chi connectivity index (χ1v) is 11.1.